The van der Waals surface area contributed by atoms with Crippen LogP contribution in [0.3, 0.4) is 0 Å². The number of nitrogens with zero attached hydrogens (tertiary/aromatic N) is 3. The van der Waals surface area contributed by atoms with Crippen molar-refractivity contribution >= 4 is 15.9 Å². The van der Waals surface area contributed by atoms with Crippen LogP contribution in [0.25, 0.3) is 0 Å². The van der Waals surface area contributed by atoms with Crippen LogP contribution in [-0.2, 0) is 19.6 Å². The Kier molecular flexibility index (Phi) is 5.79. The third-order valence-corrected chi connectivity index (χ3v) is 6.52. The molecule has 2 aliphatic heterocycles. The van der Waals surface area contributed by atoms with E-state index in [-0.39, 0.29) is 17.9 Å². The first-order valence-electron chi connectivity index (χ1n) is 9.01. The van der Waals surface area contributed by atoms with Gasteiger partial charge in [-0.1, -0.05) is 0 Å². The Morgan fingerprint density at radius 1 is 1.17 bits per heavy atom. The fourth-order valence-corrected chi connectivity index (χ4v) is 4.83. The first-order valence-corrected chi connectivity index (χ1v) is 10.9. The van der Waals surface area contributed by atoms with E-state index in [2.05, 4.69) is 4.90 Å². The molecule has 0 radical (unpaired) electrons. The topological polar surface area (TPSA) is 70.2 Å². The van der Waals surface area contributed by atoms with Crippen molar-refractivity contribution in [2.24, 2.45) is 5.92 Å². The number of ether oxygens (including phenoxy) is 1. The molecule has 0 aromatic carbocycles. The van der Waals surface area contributed by atoms with Crippen molar-refractivity contribution in [3.63, 3.8) is 0 Å². The van der Waals surface area contributed by atoms with E-state index in [1.807, 2.05) is 4.90 Å². The van der Waals surface area contributed by atoms with Gasteiger partial charge in [-0.2, -0.15) is 4.31 Å². The van der Waals surface area contributed by atoms with Crippen LogP contribution in [0.15, 0.2) is 0 Å². The Hall–Kier alpha value is -0.700. The lowest BCUT2D eigenvalue weighted by Crippen LogP contribution is -2.44. The second kappa shape index (κ2) is 7.68. The lowest BCUT2D eigenvalue weighted by atomic mass is 10.2. The standard InChI is InChI=1S/C16H29N3O4S/c1-24(21,22)19(7-2-6-17-9-11-23-12-10-17)15-5-8-18(13-15)16(20)14-3-4-14/h14-15H,2-13H2,1H3. The molecular weight excluding hydrogens is 330 g/mol. The van der Waals surface area contributed by atoms with Crippen molar-refractivity contribution in [3.8, 4) is 0 Å². The molecule has 0 aromatic heterocycles. The van der Waals surface area contributed by atoms with Crippen LogP contribution in [-0.4, -0.2) is 93.2 Å². The molecular formula is C16H29N3O4S. The highest BCUT2D eigenvalue weighted by molar-refractivity contribution is 7.88. The van der Waals surface area contributed by atoms with Gasteiger partial charge in [0.2, 0.25) is 15.9 Å². The minimum Gasteiger partial charge on any atom is -0.379 e. The Bertz CT molecular complexity index is 544. The summed E-state index contributed by atoms with van der Waals surface area (Å²) in [5.74, 6) is 0.427. The molecule has 0 aromatic rings. The normalized spacial score (nSPS) is 26.2. The fourth-order valence-electron chi connectivity index (χ4n) is 3.66. The van der Waals surface area contributed by atoms with Crippen molar-refractivity contribution in [3.05, 3.63) is 0 Å². The van der Waals surface area contributed by atoms with Crippen molar-refractivity contribution < 1.29 is 17.9 Å². The molecule has 0 bridgehead atoms. The highest BCUT2D eigenvalue weighted by Crippen LogP contribution is 2.32. The quantitative estimate of drug-likeness (QED) is 0.639. The van der Waals surface area contributed by atoms with Crippen molar-refractivity contribution in [2.45, 2.75) is 31.7 Å². The van der Waals surface area contributed by atoms with Gasteiger partial charge < -0.3 is 9.64 Å². The summed E-state index contributed by atoms with van der Waals surface area (Å²) >= 11 is 0. The van der Waals surface area contributed by atoms with Gasteiger partial charge in [-0.3, -0.25) is 9.69 Å². The predicted octanol–water partition coefficient (Wildman–Crippen LogP) is -0.0188. The van der Waals surface area contributed by atoms with Crippen LogP contribution in [0, 0.1) is 5.92 Å². The van der Waals surface area contributed by atoms with Gasteiger partial charge in [-0.05, 0) is 32.2 Å². The Labute approximate surface area is 145 Å². The van der Waals surface area contributed by atoms with E-state index in [4.69, 9.17) is 4.74 Å². The number of hydrogen-bond acceptors (Lipinski definition) is 5. The Balaban J connectivity index is 1.51. The minimum atomic E-state index is -3.25. The van der Waals surface area contributed by atoms with Crippen LogP contribution < -0.4 is 0 Å². The number of sulfonamides is 1. The van der Waals surface area contributed by atoms with Crippen molar-refractivity contribution in [1.29, 1.82) is 0 Å². The van der Waals surface area contributed by atoms with E-state index >= 15 is 0 Å². The average molecular weight is 359 g/mol. The highest BCUT2D eigenvalue weighted by Gasteiger charge is 2.39. The van der Waals surface area contributed by atoms with Crippen molar-refractivity contribution in [2.75, 3.05) is 58.7 Å². The van der Waals surface area contributed by atoms with Gasteiger partial charge in [0.25, 0.3) is 0 Å². The smallest absolute Gasteiger partial charge is 0.225 e. The molecule has 1 aliphatic carbocycles. The summed E-state index contributed by atoms with van der Waals surface area (Å²) < 4.78 is 31.4. The molecule has 8 heteroatoms. The van der Waals surface area contributed by atoms with E-state index in [1.54, 1.807) is 4.31 Å². The van der Waals surface area contributed by atoms with Gasteiger partial charge in [0, 0.05) is 44.7 Å². The van der Waals surface area contributed by atoms with Crippen LogP contribution in [0.1, 0.15) is 25.7 Å². The molecule has 1 unspecified atom stereocenters. The molecule has 3 aliphatic rings. The molecule has 2 saturated heterocycles. The zero-order chi connectivity index (χ0) is 17.2. The maximum atomic E-state index is 12.2. The number of likely N-dealkylation sites (tertiary alicyclic amines) is 1. The summed E-state index contributed by atoms with van der Waals surface area (Å²) in [4.78, 5) is 16.4. The zero-order valence-electron chi connectivity index (χ0n) is 14.5. The fraction of sp³-hybridized carbons (Fsp3) is 0.938. The van der Waals surface area contributed by atoms with Gasteiger partial charge >= 0.3 is 0 Å². The van der Waals surface area contributed by atoms with E-state index in [1.165, 1.54) is 6.26 Å². The van der Waals surface area contributed by atoms with Gasteiger partial charge in [-0.15, -0.1) is 0 Å². The third kappa shape index (κ3) is 4.68. The van der Waals surface area contributed by atoms with E-state index in [9.17, 15) is 13.2 Å². The summed E-state index contributed by atoms with van der Waals surface area (Å²) in [7, 11) is -3.25. The molecule has 0 N–H and O–H groups in total. The lowest BCUT2D eigenvalue weighted by Gasteiger charge is -2.30. The number of rotatable bonds is 7. The molecule has 3 fully saturated rings. The number of amides is 1. The Morgan fingerprint density at radius 3 is 2.50 bits per heavy atom. The third-order valence-electron chi connectivity index (χ3n) is 5.19. The summed E-state index contributed by atoms with van der Waals surface area (Å²) in [5, 5.41) is 0. The number of carbonyl (C=O) groups excluding carboxylic acids is 1. The second-order valence-corrected chi connectivity index (χ2v) is 9.12. The number of morpholine rings is 1. The molecule has 7 nitrogen and oxygen atoms in total. The average Bonchev–Trinajstić information content (AvgIpc) is 3.29. The zero-order valence-corrected chi connectivity index (χ0v) is 15.3. The van der Waals surface area contributed by atoms with E-state index < -0.39 is 10.0 Å². The monoisotopic (exact) mass is 359 g/mol. The minimum absolute atomic E-state index is 0.0626. The highest BCUT2D eigenvalue weighted by atomic mass is 32.2. The number of carbonyl (C=O) groups is 1. The summed E-state index contributed by atoms with van der Waals surface area (Å²) in [5.41, 5.74) is 0. The van der Waals surface area contributed by atoms with Crippen LogP contribution in [0.4, 0.5) is 0 Å². The first kappa shape index (κ1) is 18.1. The van der Waals surface area contributed by atoms with E-state index in [0.29, 0.717) is 19.6 Å². The van der Waals surface area contributed by atoms with Crippen LogP contribution in [0.5, 0.6) is 0 Å². The summed E-state index contributed by atoms with van der Waals surface area (Å²) in [6, 6.07) is -0.0626. The molecule has 1 saturated carbocycles. The predicted molar refractivity (Wildman–Crippen MR) is 91.1 cm³/mol. The summed E-state index contributed by atoms with van der Waals surface area (Å²) in [6.45, 7) is 6.04. The number of hydrogen-bond donors (Lipinski definition) is 0. The molecule has 138 valence electrons. The molecule has 2 heterocycles. The molecule has 24 heavy (non-hydrogen) atoms. The molecule has 1 atom stereocenters. The molecule has 1 amide bonds. The van der Waals surface area contributed by atoms with E-state index in [0.717, 1.165) is 58.5 Å². The lowest BCUT2D eigenvalue weighted by molar-refractivity contribution is -0.131. The summed E-state index contributed by atoms with van der Waals surface area (Å²) in [6.07, 6.45) is 4.85. The molecule has 0 spiro atoms. The van der Waals surface area contributed by atoms with Gasteiger partial charge in [-0.25, -0.2) is 8.42 Å². The van der Waals surface area contributed by atoms with Gasteiger partial charge in [0.05, 0.1) is 19.5 Å². The Morgan fingerprint density at radius 2 is 1.88 bits per heavy atom. The van der Waals surface area contributed by atoms with Crippen molar-refractivity contribution in [1.82, 2.24) is 14.1 Å². The SMILES string of the molecule is CS(=O)(=O)N(CCCN1CCOCC1)C1CCN(C(=O)C2CC2)C1. The van der Waals surface area contributed by atoms with Crippen LogP contribution in [0.2, 0.25) is 0 Å². The van der Waals surface area contributed by atoms with Crippen LogP contribution >= 0.6 is 0 Å². The first-order chi connectivity index (χ1) is 11.4. The van der Waals surface area contributed by atoms with Gasteiger partial charge in [0.15, 0.2) is 0 Å². The second-order valence-electron chi connectivity index (χ2n) is 7.18. The maximum absolute atomic E-state index is 12.2. The maximum Gasteiger partial charge on any atom is 0.225 e. The largest absolute Gasteiger partial charge is 0.379 e. The molecule has 3 rings (SSSR count). The van der Waals surface area contributed by atoms with Gasteiger partial charge in [0.1, 0.15) is 0 Å².